The molecule has 29 heavy (non-hydrogen) atoms. The molecule has 2 amide bonds. The van der Waals surface area contributed by atoms with Crippen LogP contribution in [0, 0.1) is 0 Å². The van der Waals surface area contributed by atoms with E-state index in [2.05, 4.69) is 10.6 Å². The molecule has 2 saturated carbocycles. The van der Waals surface area contributed by atoms with E-state index in [4.69, 9.17) is 21.1 Å². The number of ether oxygens (including phenoxy) is 2. The Bertz CT molecular complexity index is 653. The van der Waals surface area contributed by atoms with Crippen LogP contribution in [0.15, 0.2) is 24.3 Å². The Morgan fingerprint density at radius 2 is 1.38 bits per heavy atom. The van der Waals surface area contributed by atoms with Gasteiger partial charge in [-0.05, 0) is 62.8 Å². The van der Waals surface area contributed by atoms with Gasteiger partial charge in [0.1, 0.15) is 12.4 Å². The maximum absolute atomic E-state index is 12.1. The van der Waals surface area contributed by atoms with Crippen LogP contribution in [0.25, 0.3) is 0 Å². The molecule has 0 aliphatic heterocycles. The van der Waals surface area contributed by atoms with Gasteiger partial charge in [-0.2, -0.15) is 0 Å². The van der Waals surface area contributed by atoms with Crippen molar-refractivity contribution in [2.45, 2.75) is 76.0 Å². The van der Waals surface area contributed by atoms with Gasteiger partial charge in [-0.1, -0.05) is 30.9 Å². The molecule has 1 aromatic carbocycles. The van der Waals surface area contributed by atoms with Gasteiger partial charge in [-0.3, -0.25) is 9.59 Å². The molecule has 1 aromatic rings. The summed E-state index contributed by atoms with van der Waals surface area (Å²) < 4.78 is 11.2. The van der Waals surface area contributed by atoms with Crippen molar-refractivity contribution in [1.29, 1.82) is 0 Å². The summed E-state index contributed by atoms with van der Waals surface area (Å²) >= 11 is 5.83. The van der Waals surface area contributed by atoms with Crippen LogP contribution in [0.3, 0.4) is 0 Å². The number of carbonyl (C=O) groups is 2. The van der Waals surface area contributed by atoms with Gasteiger partial charge < -0.3 is 20.1 Å². The quantitative estimate of drug-likeness (QED) is 0.670. The van der Waals surface area contributed by atoms with Crippen molar-refractivity contribution in [3.05, 3.63) is 29.3 Å². The van der Waals surface area contributed by atoms with Crippen LogP contribution >= 0.6 is 11.6 Å². The average molecular weight is 423 g/mol. The number of carbonyl (C=O) groups excluding carboxylic acids is 2. The molecule has 0 radical (unpaired) electrons. The summed E-state index contributed by atoms with van der Waals surface area (Å²) in [5, 5.41) is 6.72. The van der Waals surface area contributed by atoms with E-state index in [9.17, 15) is 9.59 Å². The van der Waals surface area contributed by atoms with E-state index in [1.807, 2.05) is 0 Å². The number of benzene rings is 1. The van der Waals surface area contributed by atoms with E-state index in [1.54, 1.807) is 24.3 Å². The van der Waals surface area contributed by atoms with Crippen molar-refractivity contribution in [1.82, 2.24) is 10.6 Å². The highest BCUT2D eigenvalue weighted by Crippen LogP contribution is 2.21. The van der Waals surface area contributed by atoms with Crippen molar-refractivity contribution in [3.63, 3.8) is 0 Å². The van der Waals surface area contributed by atoms with E-state index >= 15 is 0 Å². The maximum Gasteiger partial charge on any atom is 0.258 e. The number of nitrogens with one attached hydrogen (secondary N) is 2. The topological polar surface area (TPSA) is 76.7 Å². The Morgan fingerprint density at radius 1 is 0.828 bits per heavy atom. The molecule has 2 fully saturated rings. The molecular weight excluding hydrogens is 392 g/mol. The van der Waals surface area contributed by atoms with E-state index < -0.39 is 0 Å². The number of amides is 2. The monoisotopic (exact) mass is 422 g/mol. The molecule has 0 saturated heterocycles. The second-order valence-electron chi connectivity index (χ2n) is 8.00. The molecule has 0 spiro atoms. The molecule has 3 rings (SSSR count). The van der Waals surface area contributed by atoms with Crippen LogP contribution in [-0.2, 0) is 14.3 Å². The molecule has 7 heteroatoms. The second-order valence-corrected chi connectivity index (χ2v) is 8.43. The zero-order valence-electron chi connectivity index (χ0n) is 16.8. The van der Waals surface area contributed by atoms with Crippen LogP contribution in [0.1, 0.15) is 57.8 Å². The van der Waals surface area contributed by atoms with E-state index in [0.29, 0.717) is 10.8 Å². The van der Waals surface area contributed by atoms with Crippen LogP contribution in [0.5, 0.6) is 5.75 Å². The Morgan fingerprint density at radius 3 is 1.97 bits per heavy atom. The van der Waals surface area contributed by atoms with Crippen LogP contribution in [0.2, 0.25) is 5.02 Å². The van der Waals surface area contributed by atoms with Gasteiger partial charge in [0.25, 0.3) is 5.91 Å². The molecule has 0 heterocycles. The Balaban J connectivity index is 1.27. The summed E-state index contributed by atoms with van der Waals surface area (Å²) in [6.45, 7) is 0.139. The van der Waals surface area contributed by atoms with Crippen molar-refractivity contribution < 1.29 is 19.1 Å². The Hall–Kier alpha value is -1.79. The molecule has 160 valence electrons. The van der Waals surface area contributed by atoms with Crippen LogP contribution < -0.4 is 15.4 Å². The molecule has 2 aliphatic rings. The smallest absolute Gasteiger partial charge is 0.258 e. The number of halogens is 1. The van der Waals surface area contributed by atoms with Crippen molar-refractivity contribution in [3.8, 4) is 5.75 Å². The average Bonchev–Trinajstić information content (AvgIpc) is 2.74. The lowest BCUT2D eigenvalue weighted by molar-refractivity contribution is -0.129. The van der Waals surface area contributed by atoms with Crippen LogP contribution in [0.4, 0.5) is 0 Å². The molecule has 6 nitrogen and oxygen atoms in total. The van der Waals surface area contributed by atoms with Crippen molar-refractivity contribution in [2.24, 2.45) is 0 Å². The molecule has 0 atom stereocenters. The van der Waals surface area contributed by atoms with E-state index in [0.717, 1.165) is 38.5 Å². The third kappa shape index (κ3) is 7.86. The van der Waals surface area contributed by atoms with Crippen LogP contribution in [-0.4, -0.2) is 43.2 Å². The highest BCUT2D eigenvalue weighted by atomic mass is 35.5. The normalized spacial score (nSPS) is 22.7. The summed E-state index contributed by atoms with van der Waals surface area (Å²) in [6.07, 6.45) is 9.48. The van der Waals surface area contributed by atoms with Gasteiger partial charge in [0.05, 0.1) is 6.10 Å². The first kappa shape index (κ1) is 21.9. The number of rotatable bonds is 8. The first-order chi connectivity index (χ1) is 14.1. The Labute approximate surface area is 177 Å². The lowest BCUT2D eigenvalue weighted by atomic mass is 9.91. The van der Waals surface area contributed by atoms with Gasteiger partial charge in [0, 0.05) is 17.1 Å². The van der Waals surface area contributed by atoms with Gasteiger partial charge in [-0.25, -0.2) is 0 Å². The van der Waals surface area contributed by atoms with Gasteiger partial charge in [0.2, 0.25) is 5.91 Å². The zero-order chi connectivity index (χ0) is 20.5. The lowest BCUT2D eigenvalue weighted by Gasteiger charge is -2.30. The molecule has 0 unspecified atom stereocenters. The molecular formula is C22H31ClN2O4. The summed E-state index contributed by atoms with van der Waals surface area (Å²) in [5.74, 6) is 0.458. The standard InChI is InChI=1S/C22H31ClN2O4/c23-16-6-12-20(13-7-16)29-15-22(27)25-18-10-8-17(9-11-18)24-21(26)14-28-19-4-2-1-3-5-19/h6-7,12-13,17-19H,1-5,8-11,14-15H2,(H,24,26)(H,25,27). The third-order valence-electron chi connectivity index (χ3n) is 5.64. The fourth-order valence-corrected chi connectivity index (χ4v) is 4.15. The maximum atomic E-state index is 12.1. The van der Waals surface area contributed by atoms with Gasteiger partial charge >= 0.3 is 0 Å². The molecule has 0 aromatic heterocycles. The lowest BCUT2D eigenvalue weighted by Crippen LogP contribution is -2.45. The largest absolute Gasteiger partial charge is 0.484 e. The fourth-order valence-electron chi connectivity index (χ4n) is 4.03. The van der Waals surface area contributed by atoms with Gasteiger partial charge in [0.15, 0.2) is 6.61 Å². The summed E-state index contributed by atoms with van der Waals surface area (Å²) in [5.41, 5.74) is 0. The second kappa shape index (κ2) is 11.4. The molecule has 2 aliphatic carbocycles. The Kier molecular flexibility index (Phi) is 8.62. The highest BCUT2D eigenvalue weighted by Gasteiger charge is 2.24. The zero-order valence-corrected chi connectivity index (χ0v) is 17.6. The highest BCUT2D eigenvalue weighted by molar-refractivity contribution is 6.30. The molecule has 0 bridgehead atoms. The first-order valence-corrected chi connectivity index (χ1v) is 11.0. The SMILES string of the molecule is O=C(COc1ccc(Cl)cc1)NC1CCC(NC(=O)COC2CCCCC2)CC1. The predicted molar refractivity (Wildman–Crippen MR) is 112 cm³/mol. The van der Waals surface area contributed by atoms with Crippen molar-refractivity contribution >= 4 is 23.4 Å². The minimum atomic E-state index is -0.131. The fraction of sp³-hybridized carbons (Fsp3) is 0.636. The third-order valence-corrected chi connectivity index (χ3v) is 5.90. The summed E-state index contributed by atoms with van der Waals surface area (Å²) in [4.78, 5) is 24.2. The summed E-state index contributed by atoms with van der Waals surface area (Å²) in [6, 6.07) is 7.22. The number of hydrogen-bond donors (Lipinski definition) is 2. The minimum absolute atomic E-state index is 0.0171. The molecule has 2 N–H and O–H groups in total. The first-order valence-electron chi connectivity index (χ1n) is 10.7. The number of hydrogen-bond acceptors (Lipinski definition) is 4. The summed E-state index contributed by atoms with van der Waals surface area (Å²) in [7, 11) is 0. The minimum Gasteiger partial charge on any atom is -0.484 e. The van der Waals surface area contributed by atoms with Crippen molar-refractivity contribution in [2.75, 3.05) is 13.2 Å². The van der Waals surface area contributed by atoms with E-state index in [-0.39, 0.29) is 43.2 Å². The van der Waals surface area contributed by atoms with Gasteiger partial charge in [-0.15, -0.1) is 0 Å². The van der Waals surface area contributed by atoms with E-state index in [1.165, 1.54) is 19.3 Å². The predicted octanol–water partition coefficient (Wildman–Crippen LogP) is 3.61.